The summed E-state index contributed by atoms with van der Waals surface area (Å²) in [6, 6.07) is 33.4. The number of para-hydroxylation sites is 2. The number of carboxylic acids is 1. The molecule has 10 heteroatoms. The van der Waals surface area contributed by atoms with Crippen molar-refractivity contribution in [2.24, 2.45) is 23.7 Å². The summed E-state index contributed by atoms with van der Waals surface area (Å²) in [5.74, 6) is -5.56. The normalized spacial score (nSPS) is 17.8. The van der Waals surface area contributed by atoms with Crippen LogP contribution in [0.4, 0.5) is 0 Å². The van der Waals surface area contributed by atoms with Gasteiger partial charge in [0.1, 0.15) is 23.0 Å². The third kappa shape index (κ3) is 8.94. The summed E-state index contributed by atoms with van der Waals surface area (Å²) in [5, 5.41) is 10.3. The van der Waals surface area contributed by atoms with Crippen molar-refractivity contribution in [2.75, 3.05) is 20.2 Å². The fraction of sp³-hybridized carbons (Fsp3) is 0.317. The van der Waals surface area contributed by atoms with E-state index in [1.165, 1.54) is 0 Å². The molecule has 1 N–H and O–H groups in total. The van der Waals surface area contributed by atoms with Crippen molar-refractivity contribution in [3.8, 4) is 23.0 Å². The van der Waals surface area contributed by atoms with Crippen LogP contribution in [0.1, 0.15) is 37.8 Å². The number of methoxy groups -OCH3 is 1. The smallest absolute Gasteiger partial charge is 0.310 e. The van der Waals surface area contributed by atoms with E-state index in [0.29, 0.717) is 48.9 Å². The van der Waals surface area contributed by atoms with Crippen LogP contribution in [0.3, 0.4) is 0 Å². The van der Waals surface area contributed by atoms with Crippen LogP contribution < -0.4 is 9.47 Å². The van der Waals surface area contributed by atoms with Crippen molar-refractivity contribution in [1.29, 1.82) is 0 Å². The Morgan fingerprint density at radius 3 is 1.27 bits per heavy atom. The summed E-state index contributed by atoms with van der Waals surface area (Å²) in [7, 11) is 1.16. The zero-order valence-corrected chi connectivity index (χ0v) is 29.1. The molecule has 4 aromatic carbocycles. The summed E-state index contributed by atoms with van der Waals surface area (Å²) >= 11 is 0. The third-order valence-corrected chi connectivity index (χ3v) is 9.04. The molecule has 1 aliphatic carbocycles. The van der Waals surface area contributed by atoms with E-state index >= 15 is 0 Å². The Hall–Kier alpha value is -5.64. The van der Waals surface area contributed by atoms with E-state index in [9.17, 15) is 24.3 Å². The summed E-state index contributed by atoms with van der Waals surface area (Å²) in [4.78, 5) is 57.6. The van der Waals surface area contributed by atoms with Crippen LogP contribution >= 0.6 is 0 Å². The fourth-order valence-electron chi connectivity index (χ4n) is 6.61. The Balaban J connectivity index is 1.36. The molecular weight excluding hydrogens is 648 g/mol. The molecule has 5 rings (SSSR count). The number of rotatable bonds is 16. The van der Waals surface area contributed by atoms with Gasteiger partial charge < -0.3 is 29.1 Å². The predicted octanol–water partition coefficient (Wildman–Crippen LogP) is 7.18. The van der Waals surface area contributed by atoms with Crippen LogP contribution in [0.15, 0.2) is 109 Å². The summed E-state index contributed by atoms with van der Waals surface area (Å²) in [6.07, 6.45) is 1.22. The number of amides is 2. The van der Waals surface area contributed by atoms with Gasteiger partial charge in [-0.2, -0.15) is 0 Å². The Kier molecular flexibility index (Phi) is 12.5. The van der Waals surface area contributed by atoms with E-state index in [4.69, 9.17) is 14.2 Å². The maximum absolute atomic E-state index is 14.4. The van der Waals surface area contributed by atoms with Crippen molar-refractivity contribution in [2.45, 2.75) is 39.8 Å². The van der Waals surface area contributed by atoms with Crippen molar-refractivity contribution in [3.63, 3.8) is 0 Å². The van der Waals surface area contributed by atoms with Crippen LogP contribution in [-0.2, 0) is 37.0 Å². The highest BCUT2D eigenvalue weighted by Crippen LogP contribution is 2.49. The molecule has 0 radical (unpaired) electrons. The van der Waals surface area contributed by atoms with Gasteiger partial charge >= 0.3 is 11.9 Å². The number of hydrogen-bond acceptors (Lipinski definition) is 7. The average molecular weight is 693 g/mol. The molecule has 1 fully saturated rings. The number of carbonyl (C=O) groups is 4. The number of aliphatic carboxylic acids is 1. The molecule has 0 bridgehead atoms. The van der Waals surface area contributed by atoms with Crippen LogP contribution in [0.25, 0.3) is 0 Å². The molecule has 266 valence electrons. The zero-order chi connectivity index (χ0) is 36.3. The Morgan fingerprint density at radius 2 is 0.922 bits per heavy atom. The first-order chi connectivity index (χ1) is 24.7. The lowest BCUT2D eigenvalue weighted by molar-refractivity contribution is -0.189. The summed E-state index contributed by atoms with van der Waals surface area (Å²) < 4.78 is 16.8. The van der Waals surface area contributed by atoms with Gasteiger partial charge in [-0.25, -0.2) is 0 Å². The van der Waals surface area contributed by atoms with Gasteiger partial charge in [0.2, 0.25) is 11.8 Å². The number of carboxylic acid groups (broad SMARTS) is 1. The molecule has 0 aromatic heterocycles. The number of carbonyl (C=O) groups excluding carboxylic acids is 3. The molecule has 1 aliphatic rings. The average Bonchev–Trinajstić information content (AvgIpc) is 3.13. The SMILES string of the molecule is CCCN(Cc1ccc(Oc2ccccc2)cc1)C(=O)[C@H]1[C@@H](C(=O)O)[C@H](C(=O)OC)[C@@H]1C(=O)N(CCC)Cc1ccc(Oc2ccccc2)cc1. The quantitative estimate of drug-likeness (QED) is 0.123. The number of nitrogens with zero attached hydrogens (tertiary/aromatic N) is 2. The van der Waals surface area contributed by atoms with Crippen LogP contribution in [0.5, 0.6) is 23.0 Å². The second kappa shape index (κ2) is 17.3. The van der Waals surface area contributed by atoms with Gasteiger partial charge in [-0.05, 0) is 72.5 Å². The van der Waals surface area contributed by atoms with E-state index in [0.717, 1.165) is 18.2 Å². The van der Waals surface area contributed by atoms with Gasteiger partial charge in [0.15, 0.2) is 0 Å². The molecular formula is C41H44N2O8. The van der Waals surface area contributed by atoms with Crippen molar-refractivity contribution >= 4 is 23.8 Å². The Morgan fingerprint density at radius 1 is 0.549 bits per heavy atom. The number of benzene rings is 4. The number of ether oxygens (including phenoxy) is 3. The lowest BCUT2D eigenvalue weighted by atomic mass is 9.55. The maximum Gasteiger partial charge on any atom is 0.310 e. The highest BCUT2D eigenvalue weighted by Gasteiger charge is 2.65. The van der Waals surface area contributed by atoms with Crippen LogP contribution in [0, 0.1) is 23.7 Å². The molecule has 0 unspecified atom stereocenters. The first-order valence-electron chi connectivity index (χ1n) is 17.3. The first kappa shape index (κ1) is 36.6. The van der Waals surface area contributed by atoms with Crippen molar-refractivity contribution in [1.82, 2.24) is 9.80 Å². The van der Waals surface area contributed by atoms with Gasteiger partial charge in [0, 0.05) is 26.2 Å². The van der Waals surface area contributed by atoms with Gasteiger partial charge in [-0.3, -0.25) is 19.2 Å². The van der Waals surface area contributed by atoms with E-state index in [1.54, 1.807) is 9.80 Å². The summed E-state index contributed by atoms with van der Waals surface area (Å²) in [5.41, 5.74) is 1.62. The van der Waals surface area contributed by atoms with Gasteiger partial charge in [-0.1, -0.05) is 74.5 Å². The minimum Gasteiger partial charge on any atom is -0.481 e. The zero-order valence-electron chi connectivity index (χ0n) is 29.1. The first-order valence-corrected chi connectivity index (χ1v) is 17.3. The van der Waals surface area contributed by atoms with Crippen molar-refractivity contribution in [3.05, 3.63) is 120 Å². The molecule has 1 saturated carbocycles. The second-order valence-electron chi connectivity index (χ2n) is 12.6. The minimum absolute atomic E-state index is 0.195. The van der Waals surface area contributed by atoms with E-state index in [2.05, 4.69) is 0 Å². The highest BCUT2D eigenvalue weighted by molar-refractivity contribution is 6.00. The Labute approximate surface area is 298 Å². The van der Waals surface area contributed by atoms with Gasteiger partial charge in [0.25, 0.3) is 0 Å². The molecule has 0 heterocycles. The summed E-state index contributed by atoms with van der Waals surface area (Å²) in [6.45, 7) is 4.94. The molecule has 10 nitrogen and oxygen atoms in total. The molecule has 51 heavy (non-hydrogen) atoms. The second-order valence-corrected chi connectivity index (χ2v) is 12.6. The lowest BCUT2D eigenvalue weighted by Gasteiger charge is -2.48. The van der Waals surface area contributed by atoms with Crippen LogP contribution in [-0.4, -0.2) is 58.9 Å². The number of hydrogen-bond donors (Lipinski definition) is 1. The minimum atomic E-state index is -1.40. The Bertz CT molecular complexity index is 1760. The van der Waals surface area contributed by atoms with Crippen LogP contribution in [0.2, 0.25) is 0 Å². The lowest BCUT2D eigenvalue weighted by Crippen LogP contribution is -2.64. The monoisotopic (exact) mass is 692 g/mol. The molecule has 0 spiro atoms. The van der Waals surface area contributed by atoms with Gasteiger partial charge in [0.05, 0.1) is 30.8 Å². The molecule has 0 aliphatic heterocycles. The van der Waals surface area contributed by atoms with Crippen molar-refractivity contribution < 1.29 is 38.5 Å². The van der Waals surface area contributed by atoms with E-state index < -0.39 is 47.4 Å². The van der Waals surface area contributed by atoms with E-state index in [-0.39, 0.29) is 13.1 Å². The molecule has 0 saturated heterocycles. The highest BCUT2D eigenvalue weighted by atomic mass is 16.5. The predicted molar refractivity (Wildman–Crippen MR) is 191 cm³/mol. The van der Waals surface area contributed by atoms with E-state index in [1.807, 2.05) is 123 Å². The third-order valence-electron chi connectivity index (χ3n) is 9.04. The largest absolute Gasteiger partial charge is 0.481 e. The van der Waals surface area contributed by atoms with Gasteiger partial charge in [-0.15, -0.1) is 0 Å². The number of esters is 1. The standard InChI is InChI=1S/C41H44N2O8/c1-4-24-42(26-28-16-20-32(21-17-28)50-30-12-8-6-9-13-30)38(44)34-35(37(41(48)49-3)36(34)40(46)47)39(45)43(25-5-2)27-29-18-22-33(23-19-29)51-31-14-10-7-11-15-31/h6-23,34-37H,4-5,24-27H2,1-3H3,(H,46,47)/t34-,35-,36-,37-/m1/s1. The molecule has 2 amide bonds. The fourth-order valence-corrected chi connectivity index (χ4v) is 6.61. The topological polar surface area (TPSA) is 123 Å². The maximum atomic E-state index is 14.4. The molecule has 4 aromatic rings. The molecule has 4 atom stereocenters.